The number of carbonyl (C=O) groups excluding carboxylic acids is 2. The van der Waals surface area contributed by atoms with Crippen LogP contribution in [0.3, 0.4) is 0 Å². The maximum atomic E-state index is 13.3. The van der Waals surface area contributed by atoms with Gasteiger partial charge in [-0.25, -0.2) is 0 Å². The standard InChI is InChI=1S/C29H48O2/c1-7-20(18(2)3)9-8-19(4)23-10-11-24-22-17-27(31)26-16-21(30)12-14-29(26,6)25(22)13-15-28(23,24)5/h18-20,22-26H,7-17H2,1-6H3/t19-,20-,22+,23-,24-,25-,26-,28-,29-/m1/s1. The quantitative estimate of drug-likeness (QED) is 0.439. The Labute approximate surface area is 191 Å². The topological polar surface area (TPSA) is 34.1 Å². The van der Waals surface area contributed by atoms with Gasteiger partial charge in [-0.2, -0.15) is 0 Å². The maximum Gasteiger partial charge on any atom is 0.137 e. The molecule has 0 aromatic carbocycles. The predicted octanol–water partition coefficient (Wildman–Crippen LogP) is 7.49. The van der Waals surface area contributed by atoms with E-state index >= 15 is 0 Å². The molecule has 0 N–H and O–H groups in total. The van der Waals surface area contributed by atoms with Gasteiger partial charge in [-0.1, -0.05) is 54.4 Å². The molecule has 2 heteroatoms. The van der Waals surface area contributed by atoms with Crippen molar-refractivity contribution < 1.29 is 9.59 Å². The Morgan fingerprint density at radius 3 is 2.29 bits per heavy atom. The molecule has 2 nitrogen and oxygen atoms in total. The molecule has 0 heterocycles. The van der Waals surface area contributed by atoms with Crippen LogP contribution >= 0.6 is 0 Å². The summed E-state index contributed by atoms with van der Waals surface area (Å²) in [6.45, 7) is 14.7. The van der Waals surface area contributed by atoms with Crippen molar-refractivity contribution in [3.05, 3.63) is 0 Å². The monoisotopic (exact) mass is 428 g/mol. The first kappa shape index (κ1) is 23.5. The number of Topliss-reactive ketones (excluding diaryl/α,β-unsaturated/α-hetero) is 2. The fourth-order valence-corrected chi connectivity index (χ4v) is 9.50. The molecule has 4 aliphatic carbocycles. The van der Waals surface area contributed by atoms with E-state index in [0.717, 1.165) is 42.4 Å². The minimum Gasteiger partial charge on any atom is -0.300 e. The molecule has 0 amide bonds. The summed E-state index contributed by atoms with van der Waals surface area (Å²) in [5.74, 6) is 6.05. The van der Waals surface area contributed by atoms with E-state index in [9.17, 15) is 9.59 Å². The lowest BCUT2D eigenvalue weighted by molar-refractivity contribution is -0.159. The van der Waals surface area contributed by atoms with E-state index in [1.54, 1.807) is 0 Å². The Hall–Kier alpha value is -0.660. The van der Waals surface area contributed by atoms with Crippen LogP contribution in [-0.2, 0) is 9.59 Å². The summed E-state index contributed by atoms with van der Waals surface area (Å²) >= 11 is 0. The third kappa shape index (κ3) is 3.86. The van der Waals surface area contributed by atoms with Crippen LogP contribution in [0.1, 0.15) is 112 Å². The van der Waals surface area contributed by atoms with E-state index in [1.807, 2.05) is 0 Å². The van der Waals surface area contributed by atoms with Gasteiger partial charge in [0.2, 0.25) is 0 Å². The first-order valence-electron chi connectivity index (χ1n) is 13.7. The number of ketones is 2. The van der Waals surface area contributed by atoms with Crippen molar-refractivity contribution in [2.75, 3.05) is 0 Å². The Kier molecular flexibility index (Phi) is 6.52. The van der Waals surface area contributed by atoms with Crippen LogP contribution in [0.4, 0.5) is 0 Å². The molecule has 0 radical (unpaired) electrons. The number of carbonyl (C=O) groups is 2. The average Bonchev–Trinajstić information content (AvgIpc) is 3.07. The van der Waals surface area contributed by atoms with Gasteiger partial charge in [0.25, 0.3) is 0 Å². The first-order chi connectivity index (χ1) is 14.6. The Morgan fingerprint density at radius 1 is 0.903 bits per heavy atom. The molecule has 4 aliphatic rings. The van der Waals surface area contributed by atoms with E-state index in [1.165, 1.54) is 44.9 Å². The molecule has 0 spiro atoms. The van der Waals surface area contributed by atoms with Gasteiger partial charge >= 0.3 is 0 Å². The normalized spacial score (nSPS) is 44.5. The highest BCUT2D eigenvalue weighted by molar-refractivity contribution is 5.90. The van der Waals surface area contributed by atoms with Crippen LogP contribution in [0.2, 0.25) is 0 Å². The third-order valence-corrected chi connectivity index (χ3v) is 11.5. The average molecular weight is 429 g/mol. The second kappa shape index (κ2) is 8.60. The smallest absolute Gasteiger partial charge is 0.137 e. The van der Waals surface area contributed by atoms with E-state index in [4.69, 9.17) is 0 Å². The molecule has 0 aromatic heterocycles. The lowest BCUT2D eigenvalue weighted by Gasteiger charge is -2.59. The van der Waals surface area contributed by atoms with Gasteiger partial charge in [-0.15, -0.1) is 0 Å². The van der Waals surface area contributed by atoms with Gasteiger partial charge < -0.3 is 0 Å². The molecule has 4 rings (SSSR count). The highest BCUT2D eigenvalue weighted by Gasteiger charge is 2.62. The second-order valence-corrected chi connectivity index (χ2v) is 13.0. The predicted molar refractivity (Wildman–Crippen MR) is 128 cm³/mol. The molecule has 9 atom stereocenters. The molecule has 0 aliphatic heterocycles. The second-order valence-electron chi connectivity index (χ2n) is 13.0. The van der Waals surface area contributed by atoms with Crippen LogP contribution < -0.4 is 0 Å². The molecule has 31 heavy (non-hydrogen) atoms. The van der Waals surface area contributed by atoms with Gasteiger partial charge in [0.15, 0.2) is 0 Å². The minimum absolute atomic E-state index is 0.0255. The van der Waals surface area contributed by atoms with Gasteiger partial charge in [-0.05, 0) is 90.8 Å². The van der Waals surface area contributed by atoms with Gasteiger partial charge in [0.1, 0.15) is 11.6 Å². The first-order valence-corrected chi connectivity index (χ1v) is 13.7. The highest BCUT2D eigenvalue weighted by Crippen LogP contribution is 2.67. The maximum absolute atomic E-state index is 13.3. The fraction of sp³-hybridized carbons (Fsp3) is 0.931. The van der Waals surface area contributed by atoms with E-state index in [0.29, 0.717) is 41.7 Å². The van der Waals surface area contributed by atoms with Crippen LogP contribution in [-0.4, -0.2) is 11.6 Å². The Morgan fingerprint density at radius 2 is 1.61 bits per heavy atom. The van der Waals surface area contributed by atoms with Crippen molar-refractivity contribution >= 4 is 11.6 Å². The molecule has 176 valence electrons. The van der Waals surface area contributed by atoms with Crippen molar-refractivity contribution in [3.8, 4) is 0 Å². The number of rotatable bonds is 6. The molecule has 4 fully saturated rings. The van der Waals surface area contributed by atoms with E-state index < -0.39 is 0 Å². The van der Waals surface area contributed by atoms with E-state index in [2.05, 4.69) is 41.5 Å². The van der Waals surface area contributed by atoms with E-state index in [-0.39, 0.29) is 11.3 Å². The largest absolute Gasteiger partial charge is 0.300 e. The summed E-state index contributed by atoms with van der Waals surface area (Å²) in [4.78, 5) is 25.4. The van der Waals surface area contributed by atoms with Crippen molar-refractivity contribution in [2.45, 2.75) is 112 Å². The van der Waals surface area contributed by atoms with Crippen molar-refractivity contribution in [3.63, 3.8) is 0 Å². The van der Waals surface area contributed by atoms with Crippen LogP contribution in [0.15, 0.2) is 0 Å². The van der Waals surface area contributed by atoms with Gasteiger partial charge in [0.05, 0.1) is 0 Å². The van der Waals surface area contributed by atoms with Crippen molar-refractivity contribution in [1.82, 2.24) is 0 Å². The summed E-state index contributed by atoms with van der Waals surface area (Å²) in [7, 11) is 0. The number of fused-ring (bicyclic) bond motifs is 5. The lowest BCUT2D eigenvalue weighted by atomic mass is 9.44. The van der Waals surface area contributed by atoms with Crippen LogP contribution in [0, 0.1) is 58.2 Å². The zero-order valence-corrected chi connectivity index (χ0v) is 21.2. The molecular weight excluding hydrogens is 380 g/mol. The fourth-order valence-electron chi connectivity index (χ4n) is 9.50. The van der Waals surface area contributed by atoms with Crippen molar-refractivity contribution in [2.24, 2.45) is 58.2 Å². The van der Waals surface area contributed by atoms with Crippen molar-refractivity contribution in [1.29, 1.82) is 0 Å². The summed E-state index contributed by atoms with van der Waals surface area (Å²) in [5.41, 5.74) is 0.513. The molecule has 4 saturated carbocycles. The third-order valence-electron chi connectivity index (χ3n) is 11.5. The summed E-state index contributed by atoms with van der Waals surface area (Å²) in [6.07, 6.45) is 12.4. The number of hydrogen-bond donors (Lipinski definition) is 0. The number of hydrogen-bond acceptors (Lipinski definition) is 2. The minimum atomic E-state index is 0.0255. The summed E-state index contributed by atoms with van der Waals surface area (Å²) in [6, 6.07) is 0. The van der Waals surface area contributed by atoms with Crippen LogP contribution in [0.5, 0.6) is 0 Å². The zero-order chi connectivity index (χ0) is 22.6. The lowest BCUT2D eigenvalue weighted by Crippen LogP contribution is -2.56. The zero-order valence-electron chi connectivity index (χ0n) is 21.2. The SMILES string of the molecule is CC[C@H](CC[C@@H](C)[C@H]1CC[C@@H]2[C@@H]3CC(=O)[C@H]4CC(=O)CC[C@]4(C)[C@@H]3CC[C@@]21C)C(C)C. The summed E-state index contributed by atoms with van der Waals surface area (Å²) in [5, 5.41) is 0. The molecule has 0 bridgehead atoms. The highest BCUT2D eigenvalue weighted by atomic mass is 16.1. The molecule has 0 aromatic rings. The van der Waals surface area contributed by atoms with Gasteiger partial charge in [0, 0.05) is 25.2 Å². The van der Waals surface area contributed by atoms with Gasteiger partial charge in [-0.3, -0.25) is 9.59 Å². The van der Waals surface area contributed by atoms with Crippen LogP contribution in [0.25, 0.3) is 0 Å². The Balaban J connectivity index is 1.49. The Bertz CT molecular complexity index is 695. The molecule has 0 unspecified atom stereocenters. The molecular formula is C29H48O2. The summed E-state index contributed by atoms with van der Waals surface area (Å²) < 4.78 is 0. The molecule has 0 saturated heterocycles.